The summed E-state index contributed by atoms with van der Waals surface area (Å²) in [6, 6.07) is 17.4. The van der Waals surface area contributed by atoms with E-state index < -0.39 is 29.6 Å². The van der Waals surface area contributed by atoms with Crippen LogP contribution in [0.2, 0.25) is 0 Å². The van der Waals surface area contributed by atoms with E-state index in [1.54, 1.807) is 47.4 Å². The Balaban J connectivity index is 1.59. The molecule has 2 N–H and O–H groups in total. The van der Waals surface area contributed by atoms with Gasteiger partial charge in [-0.15, -0.1) is 23.1 Å². The number of fused-ring (bicyclic) bond motifs is 2. The Kier molecular flexibility index (Phi) is 7.72. The predicted octanol–water partition coefficient (Wildman–Crippen LogP) is 6.11. The van der Waals surface area contributed by atoms with E-state index in [1.165, 1.54) is 16.9 Å². The molecule has 2 aromatic heterocycles. The number of thiophene rings is 1. The molecule has 0 saturated carbocycles. The van der Waals surface area contributed by atoms with Gasteiger partial charge in [-0.3, -0.25) is 14.3 Å². The zero-order valence-corrected chi connectivity index (χ0v) is 22.3. The Morgan fingerprint density at radius 3 is 2.59 bits per heavy atom. The van der Waals surface area contributed by atoms with Crippen LogP contribution in [-0.4, -0.2) is 22.8 Å². The van der Waals surface area contributed by atoms with E-state index in [2.05, 4.69) is 5.43 Å². The number of thioether (sulfide) groups is 1. The number of hydrogen-bond donors (Lipinski definition) is 2. The summed E-state index contributed by atoms with van der Waals surface area (Å²) in [6.07, 6.45) is -3.32. The zero-order valence-electron chi connectivity index (χ0n) is 20.7. The van der Waals surface area contributed by atoms with E-state index in [-0.39, 0.29) is 18.1 Å². The van der Waals surface area contributed by atoms with Crippen LogP contribution in [0.1, 0.15) is 45.7 Å². The monoisotopic (exact) mass is 571 g/mol. The fraction of sp³-hybridized carbons (Fsp3) is 0.214. The second-order valence-electron chi connectivity index (χ2n) is 8.95. The average molecular weight is 572 g/mol. The fourth-order valence-electron chi connectivity index (χ4n) is 4.23. The molecule has 1 aliphatic heterocycles. The lowest BCUT2D eigenvalue weighted by molar-refractivity contribution is -0.149. The first kappa shape index (κ1) is 26.9. The van der Waals surface area contributed by atoms with Crippen LogP contribution >= 0.6 is 23.1 Å². The van der Waals surface area contributed by atoms with Crippen LogP contribution in [0.25, 0.3) is 0 Å². The van der Waals surface area contributed by atoms with Crippen LogP contribution in [0.4, 0.5) is 13.2 Å². The van der Waals surface area contributed by atoms with Crippen molar-refractivity contribution in [2.24, 2.45) is 0 Å². The first-order chi connectivity index (χ1) is 18.7. The fourth-order valence-corrected chi connectivity index (χ4v) is 6.41. The lowest BCUT2D eigenvalue weighted by atomic mass is 9.97. The summed E-state index contributed by atoms with van der Waals surface area (Å²) in [5, 5.41) is 3.95. The SMILES string of the molecule is C[C@@H](NC(=O)c1c(OCc2ccccc2)c(=O)ccn1NC1c2ccccc2CSc2sccc21)C(F)(F)F. The van der Waals surface area contributed by atoms with Gasteiger partial charge < -0.3 is 15.5 Å². The molecule has 0 saturated heterocycles. The normalized spacial score (nSPS) is 15.4. The Morgan fingerprint density at radius 2 is 1.82 bits per heavy atom. The molecule has 1 unspecified atom stereocenters. The van der Waals surface area contributed by atoms with Crippen LogP contribution < -0.4 is 20.9 Å². The average Bonchev–Trinajstić information content (AvgIpc) is 3.33. The number of aromatic nitrogens is 1. The molecule has 39 heavy (non-hydrogen) atoms. The molecule has 2 atom stereocenters. The summed E-state index contributed by atoms with van der Waals surface area (Å²) in [5.74, 6) is -0.689. The first-order valence-electron chi connectivity index (χ1n) is 12.1. The van der Waals surface area contributed by atoms with Gasteiger partial charge in [0.2, 0.25) is 5.43 Å². The third-order valence-corrected chi connectivity index (χ3v) is 8.61. The molecule has 3 heterocycles. The zero-order chi connectivity index (χ0) is 27.6. The number of carbonyl (C=O) groups is 1. The van der Waals surface area contributed by atoms with E-state index in [1.807, 2.05) is 47.1 Å². The summed E-state index contributed by atoms with van der Waals surface area (Å²) in [6.45, 7) is 0.796. The lowest BCUT2D eigenvalue weighted by Gasteiger charge is -2.26. The standard InChI is InChI=1S/C28H24F3N3O3S2/c1-17(28(29,30)31)32-26(36)24-25(37-15-18-7-3-2-4-8-18)22(35)11-13-34(24)33-23-20-10-6-5-9-19(20)16-39-27-21(23)12-14-38-27/h2-14,17,23,33H,15-16H2,1H3,(H,32,36)/t17-,23?/m1/s1. The maximum Gasteiger partial charge on any atom is 0.408 e. The maximum atomic E-state index is 13.4. The number of pyridine rings is 1. The highest BCUT2D eigenvalue weighted by Crippen LogP contribution is 2.42. The molecule has 1 aliphatic rings. The van der Waals surface area contributed by atoms with Crippen molar-refractivity contribution in [2.75, 3.05) is 5.43 Å². The summed E-state index contributed by atoms with van der Waals surface area (Å²) >= 11 is 3.29. The van der Waals surface area contributed by atoms with Crippen molar-refractivity contribution in [1.82, 2.24) is 9.99 Å². The van der Waals surface area contributed by atoms with Gasteiger partial charge in [-0.1, -0.05) is 54.6 Å². The minimum Gasteiger partial charge on any atom is -0.482 e. The highest BCUT2D eigenvalue weighted by molar-refractivity contribution is 8.00. The first-order valence-corrected chi connectivity index (χ1v) is 13.9. The second kappa shape index (κ2) is 11.2. The van der Waals surface area contributed by atoms with Gasteiger partial charge in [0.05, 0.1) is 10.3 Å². The van der Waals surface area contributed by atoms with Gasteiger partial charge in [0.15, 0.2) is 11.4 Å². The number of nitrogens with zero attached hydrogens (tertiary/aromatic N) is 1. The molecule has 2 aromatic carbocycles. The number of rotatable bonds is 7. The van der Waals surface area contributed by atoms with Gasteiger partial charge in [-0.05, 0) is 35.1 Å². The van der Waals surface area contributed by atoms with Crippen LogP contribution in [0.5, 0.6) is 5.75 Å². The largest absolute Gasteiger partial charge is 0.482 e. The van der Waals surface area contributed by atoms with Crippen LogP contribution in [-0.2, 0) is 12.4 Å². The molecule has 0 fully saturated rings. The minimum absolute atomic E-state index is 0.0488. The summed E-state index contributed by atoms with van der Waals surface area (Å²) < 4.78 is 48.2. The van der Waals surface area contributed by atoms with E-state index in [0.717, 1.165) is 39.1 Å². The molecular weight excluding hydrogens is 547 g/mol. The summed E-state index contributed by atoms with van der Waals surface area (Å²) in [4.78, 5) is 26.3. The predicted molar refractivity (Wildman–Crippen MR) is 146 cm³/mol. The molecule has 6 nitrogen and oxygen atoms in total. The van der Waals surface area contributed by atoms with Crippen molar-refractivity contribution >= 4 is 29.0 Å². The molecule has 4 aromatic rings. The second-order valence-corrected chi connectivity index (χ2v) is 11.1. The van der Waals surface area contributed by atoms with Gasteiger partial charge >= 0.3 is 6.18 Å². The van der Waals surface area contributed by atoms with E-state index >= 15 is 0 Å². The van der Waals surface area contributed by atoms with Crippen LogP contribution in [0, 0.1) is 0 Å². The maximum absolute atomic E-state index is 13.4. The summed E-state index contributed by atoms with van der Waals surface area (Å²) in [7, 11) is 0. The topological polar surface area (TPSA) is 72.4 Å². The Hall–Kier alpha value is -3.70. The Morgan fingerprint density at radius 1 is 1.08 bits per heavy atom. The van der Waals surface area contributed by atoms with Crippen molar-refractivity contribution in [3.8, 4) is 5.75 Å². The van der Waals surface area contributed by atoms with Gasteiger partial charge in [0.1, 0.15) is 12.6 Å². The number of halogens is 3. The van der Waals surface area contributed by atoms with Crippen molar-refractivity contribution in [3.63, 3.8) is 0 Å². The van der Waals surface area contributed by atoms with Gasteiger partial charge in [-0.2, -0.15) is 13.2 Å². The molecule has 5 rings (SSSR count). The van der Waals surface area contributed by atoms with Crippen LogP contribution in [0.3, 0.4) is 0 Å². The molecular formula is C28H24F3N3O3S2. The van der Waals surface area contributed by atoms with Gasteiger partial charge in [0, 0.05) is 23.6 Å². The van der Waals surface area contributed by atoms with Crippen molar-refractivity contribution < 1.29 is 22.7 Å². The molecule has 0 spiro atoms. The number of nitrogens with one attached hydrogen (secondary N) is 2. The van der Waals surface area contributed by atoms with Gasteiger partial charge in [-0.25, -0.2) is 0 Å². The summed E-state index contributed by atoms with van der Waals surface area (Å²) in [5.41, 5.74) is 6.07. The van der Waals surface area contributed by atoms with Crippen molar-refractivity contribution in [1.29, 1.82) is 0 Å². The van der Waals surface area contributed by atoms with E-state index in [0.29, 0.717) is 0 Å². The molecule has 202 valence electrons. The van der Waals surface area contributed by atoms with Crippen LogP contribution in [0.15, 0.2) is 87.3 Å². The number of benzene rings is 2. The van der Waals surface area contributed by atoms with Gasteiger partial charge in [0.25, 0.3) is 5.91 Å². The lowest BCUT2D eigenvalue weighted by Crippen LogP contribution is -2.45. The Bertz CT molecular complexity index is 1540. The molecule has 11 heteroatoms. The molecule has 0 aliphatic carbocycles. The molecule has 1 amide bonds. The smallest absolute Gasteiger partial charge is 0.408 e. The number of ether oxygens (including phenoxy) is 1. The van der Waals surface area contributed by atoms with Crippen molar-refractivity contribution in [2.45, 2.75) is 41.8 Å². The van der Waals surface area contributed by atoms with E-state index in [4.69, 9.17) is 4.74 Å². The molecule has 0 radical (unpaired) electrons. The quantitative estimate of drug-likeness (QED) is 0.280. The number of alkyl halides is 3. The molecule has 0 bridgehead atoms. The Labute approximate surface area is 230 Å². The minimum atomic E-state index is -4.67. The van der Waals surface area contributed by atoms with Crippen molar-refractivity contribution in [3.05, 3.63) is 116 Å². The number of amides is 1. The number of hydrogen-bond acceptors (Lipinski definition) is 6. The highest BCUT2D eigenvalue weighted by Gasteiger charge is 2.38. The third-order valence-electron chi connectivity index (χ3n) is 6.30. The number of carbonyl (C=O) groups excluding carboxylic acids is 1. The van der Waals surface area contributed by atoms with E-state index in [9.17, 15) is 22.8 Å². The third kappa shape index (κ3) is 5.84. The highest BCUT2D eigenvalue weighted by atomic mass is 32.2.